The van der Waals surface area contributed by atoms with Crippen LogP contribution in [0, 0.1) is 11.3 Å². The first kappa shape index (κ1) is 15.5. The van der Waals surface area contributed by atoms with E-state index < -0.39 is 0 Å². The van der Waals surface area contributed by atoms with Crippen LogP contribution in [0.15, 0.2) is 11.8 Å². The van der Waals surface area contributed by atoms with Crippen LogP contribution in [0.25, 0.3) is 0 Å². The molecule has 1 aliphatic rings. The molecule has 106 valence electrons. The summed E-state index contributed by atoms with van der Waals surface area (Å²) in [7, 11) is 3.40. The molecule has 1 saturated carbocycles. The largest absolute Gasteiger partial charge is 0.387 e. The highest BCUT2D eigenvalue weighted by molar-refractivity contribution is 5.97. The van der Waals surface area contributed by atoms with Crippen LogP contribution in [0.2, 0.25) is 0 Å². The number of ether oxygens (including phenoxy) is 1. The monoisotopic (exact) mass is 265 g/mol. The Bertz CT molecular complexity index is 354. The Morgan fingerprint density at radius 3 is 2.74 bits per heavy atom. The van der Waals surface area contributed by atoms with Gasteiger partial charge in [0.05, 0.1) is 6.61 Å². The highest BCUT2D eigenvalue weighted by atomic mass is 16.5. The molecule has 0 bridgehead atoms. The first-order chi connectivity index (χ1) is 9.20. The summed E-state index contributed by atoms with van der Waals surface area (Å²) in [5, 5.41) is 12.0. The van der Waals surface area contributed by atoms with Gasteiger partial charge in [0, 0.05) is 32.9 Å². The van der Waals surface area contributed by atoms with Crippen molar-refractivity contribution in [3.63, 3.8) is 0 Å². The van der Waals surface area contributed by atoms with Crippen LogP contribution in [0.3, 0.4) is 0 Å². The zero-order valence-corrected chi connectivity index (χ0v) is 11.8. The van der Waals surface area contributed by atoms with Crippen LogP contribution in [-0.4, -0.2) is 44.2 Å². The number of amides is 1. The van der Waals surface area contributed by atoms with Gasteiger partial charge >= 0.3 is 0 Å². The molecule has 0 radical (unpaired) electrons. The smallest absolute Gasteiger partial charge is 0.265 e. The summed E-state index contributed by atoms with van der Waals surface area (Å²) in [5.41, 5.74) is 0.157. The van der Waals surface area contributed by atoms with Crippen LogP contribution >= 0.6 is 0 Å². The number of carbonyl (C=O) groups excluding carboxylic acids is 1. The van der Waals surface area contributed by atoms with Crippen LogP contribution in [0.5, 0.6) is 0 Å². The molecule has 0 aromatic heterocycles. The third kappa shape index (κ3) is 4.92. The van der Waals surface area contributed by atoms with E-state index in [1.807, 2.05) is 6.07 Å². The van der Waals surface area contributed by atoms with E-state index in [0.29, 0.717) is 13.2 Å². The Morgan fingerprint density at radius 1 is 1.47 bits per heavy atom. The Hall–Kier alpha value is -1.54. The molecule has 5 nitrogen and oxygen atoms in total. The second-order valence-corrected chi connectivity index (χ2v) is 4.82. The van der Waals surface area contributed by atoms with Crippen LogP contribution in [0.4, 0.5) is 0 Å². The average Bonchev–Trinajstić information content (AvgIpc) is 2.47. The fraction of sp³-hybridized carbons (Fsp3) is 0.714. The Balaban J connectivity index is 2.54. The Labute approximate surface area is 115 Å². The molecule has 0 aromatic rings. The van der Waals surface area contributed by atoms with Crippen LogP contribution in [0.1, 0.15) is 32.1 Å². The van der Waals surface area contributed by atoms with Crippen molar-refractivity contribution in [1.29, 1.82) is 5.26 Å². The van der Waals surface area contributed by atoms with Gasteiger partial charge in [0.25, 0.3) is 5.91 Å². The predicted molar refractivity (Wildman–Crippen MR) is 73.2 cm³/mol. The quantitative estimate of drug-likeness (QED) is 0.448. The number of hydrogen-bond acceptors (Lipinski definition) is 4. The Kier molecular flexibility index (Phi) is 6.98. The van der Waals surface area contributed by atoms with E-state index in [0.717, 1.165) is 12.8 Å². The van der Waals surface area contributed by atoms with Gasteiger partial charge < -0.3 is 15.0 Å². The van der Waals surface area contributed by atoms with Crippen LogP contribution in [-0.2, 0) is 9.53 Å². The number of rotatable bonds is 6. The topological polar surface area (TPSA) is 65.4 Å². The standard InChI is InChI=1S/C14H23N3O2/c1-17(13-6-4-3-5-7-13)14(18)12(10-15)11-16-8-9-19-2/h11,13,16H,3-9H2,1-2H3/b12-11-. The summed E-state index contributed by atoms with van der Waals surface area (Å²) in [5.74, 6) is -0.195. The maximum atomic E-state index is 12.2. The van der Waals surface area contributed by atoms with Gasteiger partial charge in [-0.1, -0.05) is 19.3 Å². The SMILES string of the molecule is COCCN/C=C(/C#N)C(=O)N(C)C1CCCCC1. The molecule has 0 aliphatic heterocycles. The lowest BCUT2D eigenvalue weighted by molar-refractivity contribution is -0.128. The van der Waals surface area contributed by atoms with Gasteiger partial charge in [-0.25, -0.2) is 0 Å². The molecule has 0 atom stereocenters. The van der Waals surface area contributed by atoms with Crippen molar-refractivity contribution in [3.8, 4) is 6.07 Å². The fourth-order valence-electron chi connectivity index (χ4n) is 2.30. The molecule has 0 heterocycles. The second-order valence-electron chi connectivity index (χ2n) is 4.82. The van der Waals surface area contributed by atoms with Crippen LogP contribution < -0.4 is 5.32 Å². The van der Waals surface area contributed by atoms with Gasteiger partial charge in [-0.2, -0.15) is 5.26 Å². The molecule has 1 rings (SSSR count). The van der Waals surface area contributed by atoms with Gasteiger partial charge in [-0.05, 0) is 12.8 Å². The molecule has 1 N–H and O–H groups in total. The minimum absolute atomic E-state index is 0.157. The number of nitrogens with one attached hydrogen (secondary N) is 1. The molecule has 1 fully saturated rings. The van der Waals surface area contributed by atoms with Gasteiger partial charge in [0.2, 0.25) is 0 Å². The number of hydrogen-bond donors (Lipinski definition) is 1. The molecule has 1 amide bonds. The summed E-state index contributed by atoms with van der Waals surface area (Å²) in [6.07, 6.45) is 7.15. The molecule has 0 unspecified atom stereocenters. The maximum absolute atomic E-state index is 12.2. The summed E-state index contributed by atoms with van der Waals surface area (Å²) in [6, 6.07) is 2.24. The minimum Gasteiger partial charge on any atom is -0.387 e. The first-order valence-electron chi connectivity index (χ1n) is 6.80. The molecular formula is C14H23N3O2. The second kappa shape index (κ2) is 8.54. The average molecular weight is 265 g/mol. The molecule has 0 aromatic carbocycles. The number of nitriles is 1. The minimum atomic E-state index is -0.195. The zero-order valence-electron chi connectivity index (χ0n) is 11.8. The molecule has 5 heteroatoms. The van der Waals surface area contributed by atoms with Crippen molar-refractivity contribution in [1.82, 2.24) is 10.2 Å². The lowest BCUT2D eigenvalue weighted by atomic mass is 9.94. The third-order valence-corrected chi connectivity index (χ3v) is 3.49. The van der Waals surface area contributed by atoms with E-state index in [1.165, 1.54) is 25.5 Å². The van der Waals surface area contributed by atoms with Gasteiger partial charge in [0.1, 0.15) is 11.6 Å². The van der Waals surface area contributed by atoms with E-state index >= 15 is 0 Å². The highest BCUT2D eigenvalue weighted by Crippen LogP contribution is 2.22. The van der Waals surface area contributed by atoms with Gasteiger partial charge in [-0.3, -0.25) is 4.79 Å². The zero-order chi connectivity index (χ0) is 14.1. The fourth-order valence-corrected chi connectivity index (χ4v) is 2.30. The molecule has 1 aliphatic carbocycles. The molecule has 0 saturated heterocycles. The lowest BCUT2D eigenvalue weighted by Gasteiger charge is -2.31. The lowest BCUT2D eigenvalue weighted by Crippen LogP contribution is -2.39. The summed E-state index contributed by atoms with van der Waals surface area (Å²) in [6.45, 7) is 1.13. The summed E-state index contributed by atoms with van der Waals surface area (Å²) >= 11 is 0. The third-order valence-electron chi connectivity index (χ3n) is 3.49. The highest BCUT2D eigenvalue weighted by Gasteiger charge is 2.24. The molecule has 19 heavy (non-hydrogen) atoms. The summed E-state index contributed by atoms with van der Waals surface area (Å²) in [4.78, 5) is 13.9. The van der Waals surface area contributed by atoms with E-state index in [4.69, 9.17) is 10.00 Å². The van der Waals surface area contributed by atoms with Crippen molar-refractivity contribution >= 4 is 5.91 Å². The maximum Gasteiger partial charge on any atom is 0.265 e. The Morgan fingerprint density at radius 2 is 2.16 bits per heavy atom. The van der Waals surface area contributed by atoms with Crippen molar-refractivity contribution in [2.45, 2.75) is 38.1 Å². The predicted octanol–water partition coefficient (Wildman–Crippen LogP) is 1.42. The van der Waals surface area contributed by atoms with Gasteiger partial charge in [-0.15, -0.1) is 0 Å². The van der Waals surface area contributed by atoms with Crippen molar-refractivity contribution in [2.24, 2.45) is 0 Å². The van der Waals surface area contributed by atoms with E-state index in [9.17, 15) is 4.79 Å². The van der Waals surface area contributed by atoms with Crippen molar-refractivity contribution in [3.05, 3.63) is 11.8 Å². The molecular weight excluding hydrogens is 242 g/mol. The van der Waals surface area contributed by atoms with E-state index in [1.54, 1.807) is 19.1 Å². The number of likely N-dealkylation sites (N-methyl/N-ethyl adjacent to an activating group) is 1. The number of nitrogens with zero attached hydrogens (tertiary/aromatic N) is 2. The first-order valence-corrected chi connectivity index (χ1v) is 6.80. The molecule has 0 spiro atoms. The van der Waals surface area contributed by atoms with E-state index in [-0.39, 0.29) is 17.5 Å². The van der Waals surface area contributed by atoms with Crippen molar-refractivity contribution in [2.75, 3.05) is 27.3 Å². The normalized spacial score (nSPS) is 16.8. The summed E-state index contributed by atoms with van der Waals surface area (Å²) < 4.78 is 4.89. The number of carbonyl (C=O) groups is 1. The van der Waals surface area contributed by atoms with Gasteiger partial charge in [0.15, 0.2) is 0 Å². The number of methoxy groups -OCH3 is 1. The van der Waals surface area contributed by atoms with Crippen molar-refractivity contribution < 1.29 is 9.53 Å². The van der Waals surface area contributed by atoms with E-state index in [2.05, 4.69) is 5.32 Å².